The van der Waals surface area contributed by atoms with E-state index in [1.165, 1.54) is 24.3 Å². The van der Waals surface area contributed by atoms with Crippen LogP contribution in [0.3, 0.4) is 0 Å². The molecule has 0 unspecified atom stereocenters. The topological polar surface area (TPSA) is 105 Å². The van der Waals surface area contributed by atoms with E-state index in [1.807, 2.05) is 0 Å². The number of benzene rings is 3. The Labute approximate surface area is 178 Å². The number of hydrogen-bond acceptors (Lipinski definition) is 5. The molecule has 0 aliphatic carbocycles. The van der Waals surface area contributed by atoms with Crippen molar-refractivity contribution in [1.29, 1.82) is 0 Å². The van der Waals surface area contributed by atoms with Crippen LogP contribution in [0.4, 0.5) is 11.4 Å². The summed E-state index contributed by atoms with van der Waals surface area (Å²) in [5.41, 5.74) is 0.792. The molecule has 0 spiro atoms. The molecule has 0 saturated heterocycles. The van der Waals surface area contributed by atoms with Crippen LogP contribution in [0.2, 0.25) is 0 Å². The molecule has 0 fully saturated rings. The van der Waals surface area contributed by atoms with Gasteiger partial charge in [0.05, 0.1) is 10.6 Å². The number of fused-ring (bicyclic) bond motifs is 1. The molecular formula is C23H18N2O5S. The van der Waals surface area contributed by atoms with E-state index < -0.39 is 21.6 Å². The predicted octanol–water partition coefficient (Wildman–Crippen LogP) is 4.15. The molecule has 0 bridgehead atoms. The zero-order valence-electron chi connectivity index (χ0n) is 16.5. The van der Waals surface area contributed by atoms with Crippen molar-refractivity contribution >= 4 is 38.3 Å². The van der Waals surface area contributed by atoms with Crippen molar-refractivity contribution in [2.24, 2.45) is 0 Å². The van der Waals surface area contributed by atoms with Gasteiger partial charge in [-0.3, -0.25) is 9.52 Å². The first-order valence-electron chi connectivity index (χ1n) is 9.36. The number of nitrogens with one attached hydrogen (secondary N) is 2. The van der Waals surface area contributed by atoms with Crippen molar-refractivity contribution in [3.8, 4) is 0 Å². The van der Waals surface area contributed by atoms with Crippen molar-refractivity contribution in [3.05, 3.63) is 100 Å². The van der Waals surface area contributed by atoms with Crippen LogP contribution < -0.4 is 15.7 Å². The van der Waals surface area contributed by atoms with Gasteiger partial charge in [-0.25, -0.2) is 13.2 Å². The molecule has 2 N–H and O–H groups in total. The average Bonchev–Trinajstić information content (AvgIpc) is 2.76. The molecule has 0 saturated carbocycles. The molecule has 1 heterocycles. The third kappa shape index (κ3) is 4.34. The first-order valence-corrected chi connectivity index (χ1v) is 10.8. The molecule has 4 rings (SSSR count). The van der Waals surface area contributed by atoms with Gasteiger partial charge >= 0.3 is 5.63 Å². The van der Waals surface area contributed by atoms with Gasteiger partial charge in [0.1, 0.15) is 11.1 Å². The highest BCUT2D eigenvalue weighted by Crippen LogP contribution is 2.24. The lowest BCUT2D eigenvalue weighted by Gasteiger charge is -2.13. The van der Waals surface area contributed by atoms with Crippen molar-refractivity contribution < 1.29 is 17.6 Å². The van der Waals surface area contributed by atoms with E-state index in [-0.39, 0.29) is 10.5 Å². The lowest BCUT2D eigenvalue weighted by molar-refractivity contribution is 0.102. The van der Waals surface area contributed by atoms with E-state index in [0.717, 1.165) is 0 Å². The lowest BCUT2D eigenvalue weighted by Crippen LogP contribution is -2.21. The van der Waals surface area contributed by atoms with Gasteiger partial charge in [-0.15, -0.1) is 0 Å². The Bertz CT molecular complexity index is 1440. The maximum absolute atomic E-state index is 12.7. The third-order valence-electron chi connectivity index (χ3n) is 4.68. The van der Waals surface area contributed by atoms with E-state index in [2.05, 4.69) is 10.0 Å². The minimum Gasteiger partial charge on any atom is -0.422 e. The minimum absolute atomic E-state index is 0.123. The summed E-state index contributed by atoms with van der Waals surface area (Å²) < 4.78 is 33.0. The molecule has 156 valence electrons. The summed E-state index contributed by atoms with van der Waals surface area (Å²) >= 11 is 0. The van der Waals surface area contributed by atoms with Gasteiger partial charge < -0.3 is 9.73 Å². The van der Waals surface area contributed by atoms with E-state index in [4.69, 9.17) is 4.42 Å². The molecular weight excluding hydrogens is 416 g/mol. The molecule has 7 nitrogen and oxygen atoms in total. The Morgan fingerprint density at radius 2 is 1.61 bits per heavy atom. The van der Waals surface area contributed by atoms with Gasteiger partial charge in [0.2, 0.25) is 0 Å². The normalized spacial score (nSPS) is 11.3. The number of amides is 1. The second-order valence-electron chi connectivity index (χ2n) is 6.89. The summed E-state index contributed by atoms with van der Waals surface area (Å²) in [4.78, 5) is 25.0. The number of sulfonamides is 1. The van der Waals surface area contributed by atoms with E-state index >= 15 is 0 Å². The van der Waals surface area contributed by atoms with E-state index in [9.17, 15) is 18.0 Å². The van der Waals surface area contributed by atoms with Crippen LogP contribution in [0.25, 0.3) is 11.0 Å². The van der Waals surface area contributed by atoms with E-state index in [1.54, 1.807) is 61.5 Å². The van der Waals surface area contributed by atoms with Gasteiger partial charge in [-0.2, -0.15) is 0 Å². The van der Waals surface area contributed by atoms with Crippen LogP contribution in [0, 0.1) is 6.92 Å². The quantitative estimate of drug-likeness (QED) is 0.459. The van der Waals surface area contributed by atoms with Gasteiger partial charge in [-0.1, -0.05) is 42.5 Å². The highest BCUT2D eigenvalue weighted by molar-refractivity contribution is 7.92. The molecule has 8 heteroatoms. The highest BCUT2D eigenvalue weighted by atomic mass is 32.2. The fourth-order valence-electron chi connectivity index (χ4n) is 3.03. The first kappa shape index (κ1) is 20.4. The minimum atomic E-state index is -3.79. The summed E-state index contributed by atoms with van der Waals surface area (Å²) in [6.07, 6.45) is 0. The third-order valence-corrected chi connectivity index (χ3v) is 6.06. The summed E-state index contributed by atoms with van der Waals surface area (Å²) in [6.45, 7) is 1.74. The smallest absolute Gasteiger partial charge is 0.349 e. The molecule has 4 aromatic rings. The number of hydrogen-bond donors (Lipinski definition) is 2. The standard InChI is InChI=1S/C23H18N2O5S/c1-15-11-12-17(14-20(15)25-31(28,29)18-8-3-2-4-9-18)24-22(26)19-13-16-7-5-6-10-21(16)30-23(19)27/h2-14,25H,1H3,(H,24,26). The van der Waals surface area contributed by atoms with Crippen LogP contribution >= 0.6 is 0 Å². The zero-order chi connectivity index (χ0) is 22.0. The first-order chi connectivity index (χ1) is 14.8. The van der Waals surface area contributed by atoms with Crippen LogP contribution in [-0.4, -0.2) is 14.3 Å². The highest BCUT2D eigenvalue weighted by Gasteiger charge is 2.17. The number of para-hydroxylation sites is 1. The van der Waals surface area contributed by atoms with Crippen LogP contribution in [-0.2, 0) is 10.0 Å². The predicted molar refractivity (Wildman–Crippen MR) is 119 cm³/mol. The number of carbonyl (C=O) groups is 1. The summed E-state index contributed by atoms with van der Waals surface area (Å²) in [5.74, 6) is -0.653. The van der Waals surface area contributed by atoms with Gasteiger partial charge in [0.25, 0.3) is 15.9 Å². The maximum atomic E-state index is 12.7. The number of aryl methyl sites for hydroxylation is 1. The van der Waals surface area contributed by atoms with Crippen LogP contribution in [0.1, 0.15) is 15.9 Å². The molecule has 0 aliphatic rings. The summed E-state index contributed by atoms with van der Waals surface area (Å²) in [5, 5.41) is 3.24. The van der Waals surface area contributed by atoms with Crippen LogP contribution in [0.15, 0.2) is 93.0 Å². The number of carbonyl (C=O) groups excluding carboxylic acids is 1. The largest absolute Gasteiger partial charge is 0.422 e. The van der Waals surface area contributed by atoms with E-state index in [0.29, 0.717) is 27.9 Å². The number of anilines is 2. The molecule has 1 amide bonds. The summed E-state index contributed by atoms with van der Waals surface area (Å²) in [7, 11) is -3.79. The van der Waals surface area contributed by atoms with Gasteiger partial charge in [0.15, 0.2) is 0 Å². The number of rotatable bonds is 5. The lowest BCUT2D eigenvalue weighted by atomic mass is 10.1. The second kappa shape index (κ2) is 8.08. The fourth-order valence-corrected chi connectivity index (χ4v) is 4.17. The van der Waals surface area contributed by atoms with Crippen molar-refractivity contribution in [2.75, 3.05) is 10.0 Å². The average molecular weight is 434 g/mol. The molecule has 3 aromatic carbocycles. The molecule has 0 atom stereocenters. The van der Waals surface area contributed by atoms with Crippen molar-refractivity contribution in [1.82, 2.24) is 0 Å². The SMILES string of the molecule is Cc1ccc(NC(=O)c2cc3ccccc3oc2=O)cc1NS(=O)(=O)c1ccccc1. The fraction of sp³-hybridized carbons (Fsp3) is 0.0435. The molecule has 0 aliphatic heterocycles. The Kier molecular flexibility index (Phi) is 5.31. The Morgan fingerprint density at radius 1 is 0.903 bits per heavy atom. The molecule has 31 heavy (non-hydrogen) atoms. The van der Waals surface area contributed by atoms with Crippen molar-refractivity contribution in [3.63, 3.8) is 0 Å². The molecule has 0 radical (unpaired) electrons. The van der Waals surface area contributed by atoms with Crippen LogP contribution in [0.5, 0.6) is 0 Å². The maximum Gasteiger partial charge on any atom is 0.349 e. The summed E-state index contributed by atoms with van der Waals surface area (Å²) in [6, 6.07) is 21.1. The second-order valence-corrected chi connectivity index (χ2v) is 8.57. The Hall–Kier alpha value is -3.91. The monoisotopic (exact) mass is 434 g/mol. The Morgan fingerprint density at radius 3 is 2.39 bits per heavy atom. The van der Waals surface area contributed by atoms with Gasteiger partial charge in [0, 0.05) is 11.1 Å². The van der Waals surface area contributed by atoms with Gasteiger partial charge in [-0.05, 0) is 48.9 Å². The Balaban J connectivity index is 1.61. The van der Waals surface area contributed by atoms with Crippen molar-refractivity contribution in [2.45, 2.75) is 11.8 Å². The zero-order valence-corrected chi connectivity index (χ0v) is 17.3. The molecule has 1 aromatic heterocycles.